The fraction of sp³-hybridized carbons (Fsp3) is 0.125. The number of ether oxygens (including phenoxy) is 1. The maximum Gasteiger partial charge on any atom is 0.295 e. The van der Waals surface area contributed by atoms with Gasteiger partial charge in [0, 0.05) is 21.8 Å². The number of carbonyl (C=O) groups excluding carboxylic acids is 1. The fourth-order valence-corrected chi connectivity index (χ4v) is 3.46. The number of rotatable bonds is 5. The van der Waals surface area contributed by atoms with Crippen molar-refractivity contribution in [3.63, 3.8) is 0 Å². The first-order valence-electron chi connectivity index (χ1n) is 9.70. The number of halogens is 1. The Morgan fingerprint density at radius 2 is 1.81 bits per heavy atom. The van der Waals surface area contributed by atoms with Crippen LogP contribution in [0.15, 0.2) is 71.2 Å². The molecule has 0 aliphatic carbocycles. The second kappa shape index (κ2) is 8.73. The molecule has 0 saturated heterocycles. The van der Waals surface area contributed by atoms with E-state index in [1.54, 1.807) is 23.9 Å². The van der Waals surface area contributed by atoms with Gasteiger partial charge in [0.2, 0.25) is 5.82 Å². The van der Waals surface area contributed by atoms with E-state index >= 15 is 0 Å². The molecule has 1 heterocycles. The van der Waals surface area contributed by atoms with E-state index in [1.165, 1.54) is 0 Å². The van der Waals surface area contributed by atoms with Gasteiger partial charge >= 0.3 is 0 Å². The van der Waals surface area contributed by atoms with Gasteiger partial charge in [0.25, 0.3) is 5.91 Å². The molecular weight excluding hydrogens is 456 g/mol. The molecule has 4 aromatic rings. The van der Waals surface area contributed by atoms with Crippen molar-refractivity contribution in [2.75, 3.05) is 12.4 Å². The van der Waals surface area contributed by atoms with Crippen molar-refractivity contribution >= 4 is 27.5 Å². The van der Waals surface area contributed by atoms with E-state index < -0.39 is 5.91 Å². The number of hydrogen-bond donors (Lipinski definition) is 1. The van der Waals surface area contributed by atoms with Crippen LogP contribution in [0.25, 0.3) is 17.1 Å². The summed E-state index contributed by atoms with van der Waals surface area (Å²) in [4.78, 5) is 17.5. The van der Waals surface area contributed by atoms with Crippen molar-refractivity contribution in [2.45, 2.75) is 13.8 Å². The maximum absolute atomic E-state index is 13.0. The lowest BCUT2D eigenvalue weighted by Gasteiger charge is -2.10. The molecule has 7 heteroatoms. The van der Waals surface area contributed by atoms with Crippen molar-refractivity contribution in [1.82, 2.24) is 14.8 Å². The Morgan fingerprint density at radius 1 is 1.03 bits per heavy atom. The van der Waals surface area contributed by atoms with Crippen LogP contribution in [0.4, 0.5) is 5.69 Å². The molecule has 0 atom stereocenters. The van der Waals surface area contributed by atoms with Crippen molar-refractivity contribution in [3.05, 3.63) is 88.2 Å². The zero-order valence-electron chi connectivity index (χ0n) is 17.4. The number of methoxy groups -OCH3 is 1. The molecule has 0 aliphatic heterocycles. The molecule has 3 aromatic carbocycles. The SMILES string of the molecule is COc1cccc(NC(=O)c2nc(-c3ccc(Br)cc3)n(-c3cc(C)ccc3C)n2)c1. The molecule has 6 nitrogen and oxygen atoms in total. The quantitative estimate of drug-likeness (QED) is 0.408. The van der Waals surface area contributed by atoms with Crippen LogP contribution in [-0.4, -0.2) is 27.8 Å². The van der Waals surface area contributed by atoms with Gasteiger partial charge in [-0.15, -0.1) is 5.10 Å². The highest BCUT2D eigenvalue weighted by molar-refractivity contribution is 9.10. The first-order chi connectivity index (χ1) is 14.9. The van der Waals surface area contributed by atoms with E-state index in [1.807, 2.05) is 68.4 Å². The number of nitrogens with one attached hydrogen (secondary N) is 1. The minimum atomic E-state index is -0.393. The normalized spacial score (nSPS) is 10.7. The second-order valence-corrected chi connectivity index (χ2v) is 8.07. The Bertz CT molecular complexity index is 1250. The third-order valence-electron chi connectivity index (χ3n) is 4.83. The van der Waals surface area contributed by atoms with Crippen molar-refractivity contribution in [3.8, 4) is 22.8 Å². The summed E-state index contributed by atoms with van der Waals surface area (Å²) in [6.07, 6.45) is 0. The topological polar surface area (TPSA) is 69.0 Å². The summed E-state index contributed by atoms with van der Waals surface area (Å²) >= 11 is 3.46. The lowest BCUT2D eigenvalue weighted by Crippen LogP contribution is -2.14. The highest BCUT2D eigenvalue weighted by Crippen LogP contribution is 2.26. The van der Waals surface area contributed by atoms with Crippen LogP contribution >= 0.6 is 15.9 Å². The van der Waals surface area contributed by atoms with E-state index in [0.29, 0.717) is 17.3 Å². The summed E-state index contributed by atoms with van der Waals surface area (Å²) in [7, 11) is 1.58. The van der Waals surface area contributed by atoms with Gasteiger partial charge < -0.3 is 10.1 Å². The maximum atomic E-state index is 13.0. The minimum Gasteiger partial charge on any atom is -0.497 e. The Kier molecular flexibility index (Phi) is 5.86. The standard InChI is InChI=1S/C24H21BrN4O2/c1-15-7-8-16(2)21(13-15)29-23(17-9-11-18(25)12-10-17)27-22(28-29)24(30)26-19-5-4-6-20(14-19)31-3/h4-14H,1-3H3,(H,26,30). The number of aryl methyl sites for hydroxylation is 2. The van der Waals surface area contributed by atoms with E-state index in [9.17, 15) is 4.79 Å². The van der Waals surface area contributed by atoms with Gasteiger partial charge in [-0.2, -0.15) is 0 Å². The van der Waals surface area contributed by atoms with E-state index in [-0.39, 0.29) is 5.82 Å². The molecule has 0 bridgehead atoms. The van der Waals surface area contributed by atoms with E-state index in [4.69, 9.17) is 4.74 Å². The van der Waals surface area contributed by atoms with Crippen LogP contribution in [0.3, 0.4) is 0 Å². The highest BCUT2D eigenvalue weighted by Gasteiger charge is 2.20. The monoisotopic (exact) mass is 476 g/mol. The summed E-state index contributed by atoms with van der Waals surface area (Å²) < 4.78 is 7.92. The largest absolute Gasteiger partial charge is 0.497 e. The highest BCUT2D eigenvalue weighted by atomic mass is 79.9. The van der Waals surface area contributed by atoms with Gasteiger partial charge in [-0.25, -0.2) is 9.67 Å². The molecule has 0 radical (unpaired) electrons. The number of benzene rings is 3. The summed E-state index contributed by atoms with van der Waals surface area (Å²) in [5.41, 5.74) is 4.48. The van der Waals surface area contributed by atoms with Crippen LogP contribution in [-0.2, 0) is 0 Å². The predicted octanol–water partition coefficient (Wildman–Crippen LogP) is 5.57. The summed E-state index contributed by atoms with van der Waals surface area (Å²) in [5.74, 6) is 0.941. The van der Waals surface area contributed by atoms with E-state index in [0.717, 1.165) is 26.9 Å². The molecule has 1 amide bonds. The Balaban J connectivity index is 1.78. The van der Waals surface area contributed by atoms with Crippen molar-refractivity contribution in [1.29, 1.82) is 0 Å². The fourth-order valence-electron chi connectivity index (χ4n) is 3.20. The molecule has 0 unspecified atom stereocenters. The first-order valence-corrected chi connectivity index (χ1v) is 10.5. The van der Waals surface area contributed by atoms with Gasteiger partial charge in [0.1, 0.15) is 5.75 Å². The molecule has 0 fully saturated rings. The van der Waals surface area contributed by atoms with Crippen LogP contribution in [0.1, 0.15) is 21.7 Å². The molecule has 0 saturated carbocycles. The van der Waals surface area contributed by atoms with E-state index in [2.05, 4.69) is 31.3 Å². The Labute approximate surface area is 189 Å². The number of aromatic nitrogens is 3. The van der Waals surface area contributed by atoms with Crippen molar-refractivity contribution in [2.24, 2.45) is 0 Å². The zero-order valence-corrected chi connectivity index (χ0v) is 19.0. The molecule has 4 rings (SSSR count). The summed E-state index contributed by atoms with van der Waals surface area (Å²) in [6, 6.07) is 21.0. The van der Waals surface area contributed by atoms with Crippen LogP contribution in [0.5, 0.6) is 5.75 Å². The van der Waals surface area contributed by atoms with Crippen LogP contribution < -0.4 is 10.1 Å². The van der Waals surface area contributed by atoms with Gasteiger partial charge in [-0.3, -0.25) is 4.79 Å². The molecular formula is C24H21BrN4O2. The molecule has 1 N–H and O–H groups in total. The van der Waals surface area contributed by atoms with Crippen LogP contribution in [0, 0.1) is 13.8 Å². The summed E-state index contributed by atoms with van der Waals surface area (Å²) in [5, 5.41) is 7.42. The van der Waals surface area contributed by atoms with Gasteiger partial charge in [-0.1, -0.05) is 46.3 Å². The average molecular weight is 477 g/mol. The molecule has 1 aromatic heterocycles. The molecule has 0 spiro atoms. The first kappa shape index (κ1) is 20.8. The third kappa shape index (κ3) is 4.51. The smallest absolute Gasteiger partial charge is 0.295 e. The summed E-state index contributed by atoms with van der Waals surface area (Å²) in [6.45, 7) is 4.04. The lowest BCUT2D eigenvalue weighted by molar-refractivity contribution is 0.101. The third-order valence-corrected chi connectivity index (χ3v) is 5.36. The number of carbonyl (C=O) groups is 1. The van der Waals surface area contributed by atoms with Gasteiger partial charge in [0.05, 0.1) is 12.8 Å². The van der Waals surface area contributed by atoms with Crippen molar-refractivity contribution < 1.29 is 9.53 Å². The number of nitrogens with zero attached hydrogens (tertiary/aromatic N) is 3. The zero-order chi connectivity index (χ0) is 22.0. The molecule has 31 heavy (non-hydrogen) atoms. The van der Waals surface area contributed by atoms with Gasteiger partial charge in [0.15, 0.2) is 5.82 Å². The Hall–Kier alpha value is -3.45. The number of hydrogen-bond acceptors (Lipinski definition) is 4. The lowest BCUT2D eigenvalue weighted by atomic mass is 10.1. The number of anilines is 1. The minimum absolute atomic E-state index is 0.0849. The molecule has 156 valence electrons. The number of amides is 1. The second-order valence-electron chi connectivity index (χ2n) is 7.15. The van der Waals surface area contributed by atoms with Gasteiger partial charge in [-0.05, 0) is 55.3 Å². The Morgan fingerprint density at radius 3 is 2.55 bits per heavy atom. The predicted molar refractivity (Wildman–Crippen MR) is 125 cm³/mol. The van der Waals surface area contributed by atoms with Crippen LogP contribution in [0.2, 0.25) is 0 Å². The average Bonchev–Trinajstić information content (AvgIpc) is 3.21. The molecule has 0 aliphatic rings.